The molecule has 0 spiro atoms. The van der Waals surface area contributed by atoms with Gasteiger partial charge in [-0.15, -0.1) is 0 Å². The first-order valence-electron chi connectivity index (χ1n) is 10.8. The van der Waals surface area contributed by atoms with E-state index in [0.717, 1.165) is 11.1 Å². The van der Waals surface area contributed by atoms with Crippen molar-refractivity contribution in [2.45, 2.75) is 23.9 Å². The van der Waals surface area contributed by atoms with E-state index in [1.807, 2.05) is 36.4 Å². The second-order valence-corrected chi connectivity index (χ2v) is 9.50. The Morgan fingerprint density at radius 1 is 0.914 bits per heavy atom. The zero-order chi connectivity index (χ0) is 24.8. The van der Waals surface area contributed by atoms with Gasteiger partial charge in [-0.3, -0.25) is 4.79 Å². The molecular weight excluding hydrogens is 472 g/mol. The van der Waals surface area contributed by atoms with Gasteiger partial charge in [0.25, 0.3) is 0 Å². The number of nitrogens with one attached hydrogen (secondary N) is 2. The maximum absolute atomic E-state index is 13.2. The standard InChI is InChI=1S/C25H26N2O7S/c1-31-21-11-9-19(14-23(21)32-2)35(29,30)27-20(12-17-6-4-3-5-7-17)25(28)26-15-18-8-10-22-24(13-18)34-16-33-22/h3-11,13-14,20,27H,12,15-16H2,1-2H3,(H,26,28). The average Bonchev–Trinajstić information content (AvgIpc) is 3.35. The van der Waals surface area contributed by atoms with Crippen LogP contribution in [0.2, 0.25) is 0 Å². The second-order valence-electron chi connectivity index (χ2n) is 7.79. The van der Waals surface area contributed by atoms with E-state index < -0.39 is 22.0 Å². The number of fused-ring (bicyclic) bond motifs is 1. The molecule has 10 heteroatoms. The van der Waals surface area contributed by atoms with Crippen LogP contribution in [0, 0.1) is 0 Å². The molecule has 0 fully saturated rings. The predicted molar refractivity (Wildman–Crippen MR) is 128 cm³/mol. The van der Waals surface area contributed by atoms with E-state index in [1.165, 1.54) is 32.4 Å². The molecule has 3 aromatic rings. The van der Waals surface area contributed by atoms with Gasteiger partial charge in [-0.05, 0) is 41.8 Å². The van der Waals surface area contributed by atoms with Crippen molar-refractivity contribution in [3.05, 3.63) is 77.9 Å². The topological polar surface area (TPSA) is 112 Å². The number of ether oxygens (including phenoxy) is 4. The number of carbonyl (C=O) groups is 1. The summed E-state index contributed by atoms with van der Waals surface area (Å²) in [6.07, 6.45) is 0.167. The van der Waals surface area contributed by atoms with Crippen LogP contribution in [0.25, 0.3) is 0 Å². The highest BCUT2D eigenvalue weighted by Crippen LogP contribution is 2.32. The Kier molecular flexibility index (Phi) is 7.42. The molecule has 1 aliphatic heterocycles. The SMILES string of the molecule is COc1ccc(S(=O)(=O)NC(Cc2ccccc2)C(=O)NCc2ccc3c(c2)OCO3)cc1OC. The largest absolute Gasteiger partial charge is 0.493 e. The zero-order valence-corrected chi connectivity index (χ0v) is 20.1. The van der Waals surface area contributed by atoms with Gasteiger partial charge in [0, 0.05) is 12.6 Å². The van der Waals surface area contributed by atoms with E-state index in [4.69, 9.17) is 18.9 Å². The molecule has 1 aliphatic rings. The molecule has 2 N–H and O–H groups in total. The van der Waals surface area contributed by atoms with Crippen LogP contribution in [0.3, 0.4) is 0 Å². The Morgan fingerprint density at radius 3 is 2.40 bits per heavy atom. The summed E-state index contributed by atoms with van der Waals surface area (Å²) in [6.45, 7) is 0.348. The molecule has 35 heavy (non-hydrogen) atoms. The van der Waals surface area contributed by atoms with E-state index in [2.05, 4.69) is 10.0 Å². The van der Waals surface area contributed by atoms with Crippen molar-refractivity contribution < 1.29 is 32.2 Å². The number of methoxy groups -OCH3 is 2. The second kappa shape index (κ2) is 10.7. The Labute approximate surface area is 204 Å². The third-order valence-corrected chi connectivity index (χ3v) is 6.93. The lowest BCUT2D eigenvalue weighted by Gasteiger charge is -2.19. The highest BCUT2D eigenvalue weighted by Gasteiger charge is 2.27. The molecule has 1 amide bonds. The third-order valence-electron chi connectivity index (χ3n) is 5.47. The van der Waals surface area contributed by atoms with Crippen molar-refractivity contribution in [2.75, 3.05) is 21.0 Å². The third kappa shape index (κ3) is 5.84. The van der Waals surface area contributed by atoms with Crippen molar-refractivity contribution in [1.29, 1.82) is 0 Å². The van der Waals surface area contributed by atoms with E-state index >= 15 is 0 Å². The number of rotatable bonds is 10. The molecule has 0 bridgehead atoms. The molecule has 1 heterocycles. The number of carbonyl (C=O) groups excluding carboxylic acids is 1. The van der Waals surface area contributed by atoms with Crippen LogP contribution in [0.15, 0.2) is 71.6 Å². The Hall–Kier alpha value is -3.76. The van der Waals surface area contributed by atoms with Gasteiger partial charge < -0.3 is 24.3 Å². The molecule has 0 aliphatic carbocycles. The quantitative estimate of drug-likeness (QED) is 0.442. The Balaban J connectivity index is 1.53. The fourth-order valence-electron chi connectivity index (χ4n) is 3.64. The van der Waals surface area contributed by atoms with Crippen molar-refractivity contribution >= 4 is 15.9 Å². The van der Waals surface area contributed by atoms with Gasteiger partial charge in [-0.25, -0.2) is 8.42 Å². The number of hydrogen-bond acceptors (Lipinski definition) is 7. The molecule has 0 radical (unpaired) electrons. The van der Waals surface area contributed by atoms with Gasteiger partial charge >= 0.3 is 0 Å². The summed E-state index contributed by atoms with van der Waals surface area (Å²) in [5.41, 5.74) is 1.61. The smallest absolute Gasteiger partial charge is 0.241 e. The van der Waals surface area contributed by atoms with Crippen molar-refractivity contribution in [3.63, 3.8) is 0 Å². The van der Waals surface area contributed by atoms with Crippen LogP contribution in [-0.4, -0.2) is 41.4 Å². The minimum atomic E-state index is -4.06. The number of amides is 1. The van der Waals surface area contributed by atoms with Crippen LogP contribution in [0.5, 0.6) is 23.0 Å². The van der Waals surface area contributed by atoms with Gasteiger partial charge in [0.05, 0.1) is 19.1 Å². The molecule has 0 saturated carbocycles. The molecule has 4 rings (SSSR count). The number of benzene rings is 3. The summed E-state index contributed by atoms with van der Waals surface area (Å²) in [5, 5.41) is 2.82. The van der Waals surface area contributed by atoms with Gasteiger partial charge in [0.2, 0.25) is 22.7 Å². The minimum absolute atomic E-state index is 0.0446. The summed E-state index contributed by atoms with van der Waals surface area (Å²) in [6, 6.07) is 17.8. The molecule has 0 aromatic heterocycles. The maximum atomic E-state index is 13.2. The molecule has 0 saturated heterocycles. The van der Waals surface area contributed by atoms with Gasteiger partial charge in [0.15, 0.2) is 23.0 Å². The predicted octanol–water partition coefficient (Wildman–Crippen LogP) is 2.64. The first-order chi connectivity index (χ1) is 16.9. The summed E-state index contributed by atoms with van der Waals surface area (Å²) >= 11 is 0. The normalized spacial score (nSPS) is 13.2. The highest BCUT2D eigenvalue weighted by atomic mass is 32.2. The highest BCUT2D eigenvalue weighted by molar-refractivity contribution is 7.89. The first kappa shape index (κ1) is 24.4. The lowest BCUT2D eigenvalue weighted by Crippen LogP contribution is -2.47. The fourth-order valence-corrected chi connectivity index (χ4v) is 4.85. The minimum Gasteiger partial charge on any atom is -0.493 e. The van der Waals surface area contributed by atoms with Crippen molar-refractivity contribution in [3.8, 4) is 23.0 Å². The lowest BCUT2D eigenvalue weighted by atomic mass is 10.1. The zero-order valence-electron chi connectivity index (χ0n) is 19.3. The Morgan fingerprint density at radius 2 is 1.66 bits per heavy atom. The van der Waals surface area contributed by atoms with Crippen LogP contribution >= 0.6 is 0 Å². The van der Waals surface area contributed by atoms with E-state index in [-0.39, 0.29) is 30.4 Å². The molecule has 9 nitrogen and oxygen atoms in total. The lowest BCUT2D eigenvalue weighted by molar-refractivity contribution is -0.122. The van der Waals surface area contributed by atoms with Crippen LogP contribution in [-0.2, 0) is 27.8 Å². The molecule has 1 unspecified atom stereocenters. The fraction of sp³-hybridized carbons (Fsp3) is 0.240. The van der Waals surface area contributed by atoms with Crippen molar-refractivity contribution in [1.82, 2.24) is 10.0 Å². The monoisotopic (exact) mass is 498 g/mol. The van der Waals surface area contributed by atoms with Gasteiger partial charge in [0.1, 0.15) is 6.04 Å². The summed E-state index contributed by atoms with van der Waals surface area (Å²) < 4.78 is 50.0. The molecule has 1 atom stereocenters. The van der Waals surface area contributed by atoms with Crippen molar-refractivity contribution in [2.24, 2.45) is 0 Å². The summed E-state index contributed by atoms with van der Waals surface area (Å²) in [5.74, 6) is 1.45. The van der Waals surface area contributed by atoms with Gasteiger partial charge in [-0.1, -0.05) is 36.4 Å². The average molecular weight is 499 g/mol. The van der Waals surface area contributed by atoms with E-state index in [0.29, 0.717) is 17.2 Å². The van der Waals surface area contributed by atoms with Crippen LogP contribution < -0.4 is 29.0 Å². The molecule has 184 valence electrons. The summed E-state index contributed by atoms with van der Waals surface area (Å²) in [7, 11) is -1.17. The number of sulfonamides is 1. The first-order valence-corrected chi connectivity index (χ1v) is 12.3. The number of hydrogen-bond donors (Lipinski definition) is 2. The van der Waals surface area contributed by atoms with Gasteiger partial charge in [-0.2, -0.15) is 4.72 Å². The van der Waals surface area contributed by atoms with Crippen LogP contribution in [0.4, 0.5) is 0 Å². The molecular formula is C25H26N2O7S. The van der Waals surface area contributed by atoms with Crippen LogP contribution in [0.1, 0.15) is 11.1 Å². The Bertz CT molecular complexity index is 1300. The van der Waals surface area contributed by atoms with E-state index in [9.17, 15) is 13.2 Å². The maximum Gasteiger partial charge on any atom is 0.241 e. The summed E-state index contributed by atoms with van der Waals surface area (Å²) in [4.78, 5) is 13.1. The molecule has 3 aromatic carbocycles. The van der Waals surface area contributed by atoms with E-state index in [1.54, 1.807) is 12.1 Å².